The van der Waals surface area contributed by atoms with E-state index in [-0.39, 0.29) is 11.9 Å². The van der Waals surface area contributed by atoms with Crippen LogP contribution < -0.4 is 5.32 Å². The van der Waals surface area contributed by atoms with Gasteiger partial charge < -0.3 is 0 Å². The molecule has 0 spiro atoms. The van der Waals surface area contributed by atoms with Crippen molar-refractivity contribution in [1.82, 2.24) is 20.1 Å². The lowest BCUT2D eigenvalue weighted by molar-refractivity contribution is 0.559. The second kappa shape index (κ2) is 7.11. The second-order valence-electron chi connectivity index (χ2n) is 5.64. The molecule has 2 aromatic carbocycles. The Kier molecular flexibility index (Phi) is 4.92. The van der Waals surface area contributed by atoms with Crippen LogP contribution in [0.3, 0.4) is 0 Å². The van der Waals surface area contributed by atoms with Crippen molar-refractivity contribution >= 4 is 11.6 Å². The summed E-state index contributed by atoms with van der Waals surface area (Å²) < 4.78 is 15.4. The Morgan fingerprint density at radius 1 is 1.25 bits per heavy atom. The van der Waals surface area contributed by atoms with Crippen LogP contribution in [-0.4, -0.2) is 14.8 Å². The van der Waals surface area contributed by atoms with E-state index in [2.05, 4.69) is 15.4 Å². The number of nitrogens with one attached hydrogen (secondary N) is 1. The van der Waals surface area contributed by atoms with Gasteiger partial charge in [-0.2, -0.15) is 5.10 Å². The lowest BCUT2D eigenvalue weighted by Crippen LogP contribution is -2.24. The van der Waals surface area contributed by atoms with Gasteiger partial charge in [-0.1, -0.05) is 41.9 Å². The first-order chi connectivity index (χ1) is 11.6. The molecule has 24 heavy (non-hydrogen) atoms. The molecule has 6 heteroatoms. The molecule has 124 valence electrons. The van der Waals surface area contributed by atoms with E-state index in [1.54, 1.807) is 17.7 Å². The van der Waals surface area contributed by atoms with Gasteiger partial charge in [0.25, 0.3) is 0 Å². The Morgan fingerprint density at radius 2 is 2.04 bits per heavy atom. The molecule has 0 radical (unpaired) electrons. The van der Waals surface area contributed by atoms with Gasteiger partial charge in [-0.05, 0) is 35.7 Å². The van der Waals surface area contributed by atoms with E-state index in [1.807, 2.05) is 37.4 Å². The summed E-state index contributed by atoms with van der Waals surface area (Å²) in [6.07, 6.45) is 1.52. The van der Waals surface area contributed by atoms with E-state index in [9.17, 15) is 4.39 Å². The molecule has 3 aromatic rings. The molecule has 0 fully saturated rings. The number of aryl methyl sites for hydroxylation is 2. The number of halogens is 2. The lowest BCUT2D eigenvalue weighted by atomic mass is 9.97. The van der Waals surface area contributed by atoms with Crippen molar-refractivity contribution < 1.29 is 4.39 Å². The van der Waals surface area contributed by atoms with Crippen LogP contribution >= 0.6 is 11.6 Å². The molecule has 1 heterocycles. The van der Waals surface area contributed by atoms with Gasteiger partial charge in [-0.25, -0.2) is 9.37 Å². The van der Waals surface area contributed by atoms with Crippen molar-refractivity contribution in [1.29, 1.82) is 0 Å². The normalized spacial score (nSPS) is 12.3. The second-order valence-corrected chi connectivity index (χ2v) is 6.05. The van der Waals surface area contributed by atoms with Gasteiger partial charge in [-0.15, -0.1) is 0 Å². The smallest absolute Gasteiger partial charge is 0.140 e. The van der Waals surface area contributed by atoms with E-state index in [0.29, 0.717) is 17.1 Å². The summed E-state index contributed by atoms with van der Waals surface area (Å²) in [7, 11) is 1.84. The molecular weight excluding hydrogens is 327 g/mol. The number of rotatable bonds is 5. The summed E-state index contributed by atoms with van der Waals surface area (Å²) in [4.78, 5) is 4.23. The molecule has 1 atom stereocenters. The number of hydrogen-bond acceptors (Lipinski definition) is 3. The Morgan fingerprint density at radius 3 is 2.71 bits per heavy atom. The quantitative estimate of drug-likeness (QED) is 0.765. The molecular formula is C18H18ClFN4. The zero-order valence-corrected chi connectivity index (χ0v) is 14.3. The Balaban J connectivity index is 1.95. The van der Waals surface area contributed by atoms with Crippen LogP contribution in [0.25, 0.3) is 0 Å². The molecule has 3 rings (SSSR count). The maximum Gasteiger partial charge on any atom is 0.140 e. The van der Waals surface area contributed by atoms with Gasteiger partial charge in [0, 0.05) is 12.1 Å². The molecule has 0 saturated heterocycles. The summed E-state index contributed by atoms with van der Waals surface area (Å²) in [6, 6.07) is 12.6. The lowest BCUT2D eigenvalue weighted by Gasteiger charge is -2.21. The number of hydrogen-bond donors (Lipinski definition) is 1. The van der Waals surface area contributed by atoms with Crippen molar-refractivity contribution in [3.05, 3.63) is 82.1 Å². The minimum absolute atomic E-state index is 0.172. The van der Waals surface area contributed by atoms with Crippen LogP contribution in [0.15, 0.2) is 48.8 Å². The molecule has 0 bridgehead atoms. The zero-order valence-electron chi connectivity index (χ0n) is 13.5. The highest BCUT2D eigenvalue weighted by atomic mass is 35.5. The van der Waals surface area contributed by atoms with Crippen LogP contribution in [0.4, 0.5) is 4.39 Å². The first-order valence-corrected chi connectivity index (χ1v) is 8.01. The molecule has 1 unspecified atom stereocenters. The zero-order chi connectivity index (χ0) is 17.1. The van der Waals surface area contributed by atoms with Gasteiger partial charge in [0.2, 0.25) is 0 Å². The topological polar surface area (TPSA) is 42.7 Å². The van der Waals surface area contributed by atoms with Crippen LogP contribution in [0.1, 0.15) is 28.6 Å². The minimum atomic E-state index is -0.218. The summed E-state index contributed by atoms with van der Waals surface area (Å²) >= 11 is 6.38. The van der Waals surface area contributed by atoms with E-state index in [4.69, 9.17) is 11.6 Å². The predicted octanol–water partition coefficient (Wildman–Crippen LogP) is 3.80. The summed E-state index contributed by atoms with van der Waals surface area (Å²) in [5.41, 5.74) is 2.49. The van der Waals surface area contributed by atoms with Gasteiger partial charge in [-0.3, -0.25) is 10.00 Å². The summed E-state index contributed by atoms with van der Waals surface area (Å²) in [5.74, 6) is 0.593. The van der Waals surface area contributed by atoms with Gasteiger partial charge in [0.1, 0.15) is 18.0 Å². The van der Waals surface area contributed by atoms with Gasteiger partial charge in [0.05, 0.1) is 12.6 Å². The van der Waals surface area contributed by atoms with Gasteiger partial charge in [0.15, 0.2) is 0 Å². The first-order valence-electron chi connectivity index (χ1n) is 7.63. The molecule has 1 aromatic heterocycles. The molecule has 0 aliphatic heterocycles. The minimum Gasteiger partial charge on any atom is -0.299 e. The van der Waals surface area contributed by atoms with Crippen LogP contribution in [-0.2, 0) is 13.6 Å². The largest absolute Gasteiger partial charge is 0.299 e. The molecule has 1 N–H and O–H groups in total. The van der Waals surface area contributed by atoms with Crippen molar-refractivity contribution in [2.45, 2.75) is 19.5 Å². The SMILES string of the molecule is Cc1cc(C(NCc2ncnn2C)c2ccccc2Cl)ccc1F. The highest BCUT2D eigenvalue weighted by Crippen LogP contribution is 2.29. The van der Waals surface area contributed by atoms with Crippen LogP contribution in [0, 0.1) is 12.7 Å². The summed E-state index contributed by atoms with van der Waals surface area (Å²) in [5, 5.41) is 8.19. The fourth-order valence-electron chi connectivity index (χ4n) is 2.64. The van der Waals surface area contributed by atoms with Crippen molar-refractivity contribution in [3.63, 3.8) is 0 Å². The Bertz CT molecular complexity index is 847. The third-order valence-electron chi connectivity index (χ3n) is 4.00. The molecule has 4 nitrogen and oxygen atoms in total. The van der Waals surface area contributed by atoms with E-state index >= 15 is 0 Å². The number of benzene rings is 2. The first kappa shape index (κ1) is 16.6. The van der Waals surface area contributed by atoms with E-state index < -0.39 is 0 Å². The fraction of sp³-hybridized carbons (Fsp3) is 0.222. The van der Waals surface area contributed by atoms with Gasteiger partial charge >= 0.3 is 0 Å². The predicted molar refractivity (Wildman–Crippen MR) is 92.3 cm³/mol. The summed E-state index contributed by atoms with van der Waals surface area (Å²) in [6.45, 7) is 2.27. The van der Waals surface area contributed by atoms with Crippen LogP contribution in [0.5, 0.6) is 0 Å². The highest BCUT2D eigenvalue weighted by molar-refractivity contribution is 6.31. The average molecular weight is 345 g/mol. The molecule has 0 aliphatic rings. The maximum atomic E-state index is 13.6. The third-order valence-corrected chi connectivity index (χ3v) is 4.35. The van der Waals surface area contributed by atoms with Crippen LogP contribution in [0.2, 0.25) is 5.02 Å². The Hall–Kier alpha value is -2.24. The average Bonchev–Trinajstić information content (AvgIpc) is 2.97. The number of aromatic nitrogens is 3. The van der Waals surface area contributed by atoms with Crippen molar-refractivity contribution in [2.24, 2.45) is 7.05 Å². The Labute approximate surface area is 145 Å². The fourth-order valence-corrected chi connectivity index (χ4v) is 2.88. The van der Waals surface area contributed by atoms with E-state index in [1.165, 1.54) is 12.4 Å². The monoisotopic (exact) mass is 344 g/mol. The number of nitrogens with zero attached hydrogens (tertiary/aromatic N) is 3. The third kappa shape index (κ3) is 3.47. The highest BCUT2D eigenvalue weighted by Gasteiger charge is 2.18. The van der Waals surface area contributed by atoms with E-state index in [0.717, 1.165) is 17.0 Å². The molecule has 0 aliphatic carbocycles. The maximum absolute atomic E-state index is 13.6. The molecule has 0 saturated carbocycles. The van der Waals surface area contributed by atoms with Crippen molar-refractivity contribution in [3.8, 4) is 0 Å². The standard InChI is InChI=1S/C18H18ClFN4/c1-12-9-13(7-8-16(12)20)18(14-5-3-4-6-15(14)19)21-10-17-22-11-23-24(17)2/h3-9,11,18,21H,10H2,1-2H3. The van der Waals surface area contributed by atoms with Crippen molar-refractivity contribution in [2.75, 3.05) is 0 Å². The molecule has 0 amide bonds.